The molecule has 1 aliphatic heterocycles. The number of nitrogens with zero attached hydrogens (tertiary/aromatic N) is 1. The summed E-state index contributed by atoms with van der Waals surface area (Å²) in [5.74, 6) is -0.0942. The summed E-state index contributed by atoms with van der Waals surface area (Å²) in [6.45, 7) is 10.6. The molecule has 1 aliphatic rings. The average Bonchev–Trinajstić information content (AvgIpc) is 2.30. The Bertz CT molecular complexity index is 222. The van der Waals surface area contributed by atoms with Crippen molar-refractivity contribution in [3.63, 3.8) is 0 Å². The second kappa shape index (κ2) is 6.21. The first-order valence-corrected chi connectivity index (χ1v) is 6.03. The second-order valence-corrected chi connectivity index (χ2v) is 4.83. The number of rotatable bonds is 5. The molecule has 0 N–H and O–H groups in total. The molecule has 1 fully saturated rings. The van der Waals surface area contributed by atoms with Gasteiger partial charge >= 0.3 is 5.97 Å². The van der Waals surface area contributed by atoms with E-state index in [-0.39, 0.29) is 11.4 Å². The molecule has 1 heterocycles. The molecule has 0 aromatic rings. The van der Waals surface area contributed by atoms with Crippen molar-refractivity contribution in [1.82, 2.24) is 4.90 Å². The smallest absolute Gasteiger partial charge is 0.311 e. The van der Waals surface area contributed by atoms with Gasteiger partial charge in [0.25, 0.3) is 0 Å². The molecule has 0 amide bonds. The molecule has 0 saturated carbocycles. The van der Waals surface area contributed by atoms with E-state index in [1.54, 1.807) is 0 Å². The second-order valence-electron chi connectivity index (χ2n) is 4.83. The van der Waals surface area contributed by atoms with Gasteiger partial charge in [-0.3, -0.25) is 9.69 Å². The van der Waals surface area contributed by atoms with Gasteiger partial charge in [0.2, 0.25) is 0 Å². The monoisotopic (exact) mass is 229 g/mol. The topological polar surface area (TPSA) is 38.8 Å². The summed E-state index contributed by atoms with van der Waals surface area (Å²) in [5.41, 5.74) is -0.356. The van der Waals surface area contributed by atoms with Crippen molar-refractivity contribution in [2.75, 3.05) is 39.5 Å². The standard InChI is InChI=1S/C12H23NO3/c1-4-12(2,3)11(14)16-10-7-13-5-8-15-9-6-13/h4-10H2,1-3H3. The summed E-state index contributed by atoms with van der Waals surface area (Å²) in [6, 6.07) is 0. The lowest BCUT2D eigenvalue weighted by Gasteiger charge is -2.27. The molecule has 1 rings (SSSR count). The fourth-order valence-electron chi connectivity index (χ4n) is 1.43. The Labute approximate surface area is 97.9 Å². The zero-order valence-electron chi connectivity index (χ0n) is 10.6. The lowest BCUT2D eigenvalue weighted by Crippen LogP contribution is -2.39. The molecule has 1 saturated heterocycles. The van der Waals surface area contributed by atoms with Gasteiger partial charge in [0.1, 0.15) is 6.61 Å². The largest absolute Gasteiger partial charge is 0.464 e. The SMILES string of the molecule is CCC(C)(C)C(=O)OCCN1CCOCC1. The summed E-state index contributed by atoms with van der Waals surface area (Å²) in [5, 5.41) is 0. The Hall–Kier alpha value is -0.610. The van der Waals surface area contributed by atoms with E-state index in [4.69, 9.17) is 9.47 Å². The van der Waals surface area contributed by atoms with Crippen LogP contribution in [-0.2, 0) is 14.3 Å². The molecule has 0 atom stereocenters. The zero-order valence-corrected chi connectivity index (χ0v) is 10.6. The van der Waals surface area contributed by atoms with Crippen LogP contribution in [0.5, 0.6) is 0 Å². The van der Waals surface area contributed by atoms with Crippen molar-refractivity contribution < 1.29 is 14.3 Å². The van der Waals surface area contributed by atoms with Gasteiger partial charge in [-0.25, -0.2) is 0 Å². The normalized spacial score (nSPS) is 18.4. The maximum Gasteiger partial charge on any atom is 0.311 e. The van der Waals surface area contributed by atoms with E-state index in [0.29, 0.717) is 6.61 Å². The summed E-state index contributed by atoms with van der Waals surface area (Å²) in [6.07, 6.45) is 0.809. The summed E-state index contributed by atoms with van der Waals surface area (Å²) in [4.78, 5) is 13.9. The summed E-state index contributed by atoms with van der Waals surface area (Å²) in [7, 11) is 0. The van der Waals surface area contributed by atoms with Crippen molar-refractivity contribution in [3.05, 3.63) is 0 Å². The van der Waals surface area contributed by atoms with E-state index < -0.39 is 0 Å². The molecule has 0 aliphatic carbocycles. The van der Waals surface area contributed by atoms with Gasteiger partial charge in [-0.2, -0.15) is 0 Å². The molecule has 4 nitrogen and oxygen atoms in total. The van der Waals surface area contributed by atoms with E-state index in [0.717, 1.165) is 39.3 Å². The highest BCUT2D eigenvalue weighted by Crippen LogP contribution is 2.21. The molecule has 0 aromatic heterocycles. The highest BCUT2D eigenvalue weighted by molar-refractivity contribution is 5.75. The molecular formula is C12H23NO3. The molecule has 0 bridgehead atoms. The van der Waals surface area contributed by atoms with Crippen molar-refractivity contribution in [2.45, 2.75) is 27.2 Å². The average molecular weight is 229 g/mol. The first-order valence-electron chi connectivity index (χ1n) is 6.03. The minimum atomic E-state index is -0.356. The van der Waals surface area contributed by atoms with E-state index in [9.17, 15) is 4.79 Å². The Morgan fingerprint density at radius 1 is 1.38 bits per heavy atom. The molecule has 0 unspecified atom stereocenters. The maximum atomic E-state index is 11.7. The van der Waals surface area contributed by atoms with Gasteiger partial charge in [-0.1, -0.05) is 6.92 Å². The molecule has 0 radical (unpaired) electrons. The molecule has 0 spiro atoms. The minimum Gasteiger partial charge on any atom is -0.464 e. The van der Waals surface area contributed by atoms with Crippen molar-refractivity contribution in [1.29, 1.82) is 0 Å². The number of carbonyl (C=O) groups excluding carboxylic acids is 1. The van der Waals surface area contributed by atoms with Crippen molar-refractivity contribution in [3.8, 4) is 0 Å². The van der Waals surface area contributed by atoms with E-state index in [1.165, 1.54) is 0 Å². The number of esters is 1. The van der Waals surface area contributed by atoms with E-state index in [1.807, 2.05) is 20.8 Å². The molecule has 0 aromatic carbocycles. The Balaban J connectivity index is 2.17. The molecule has 94 valence electrons. The molecule has 16 heavy (non-hydrogen) atoms. The number of morpholine rings is 1. The number of hydrogen-bond acceptors (Lipinski definition) is 4. The Kier molecular flexibility index (Phi) is 5.22. The van der Waals surface area contributed by atoms with Gasteiger partial charge in [0.05, 0.1) is 18.6 Å². The van der Waals surface area contributed by atoms with Gasteiger partial charge in [-0.15, -0.1) is 0 Å². The first-order chi connectivity index (χ1) is 7.56. The van der Waals surface area contributed by atoms with Gasteiger partial charge in [-0.05, 0) is 20.3 Å². The van der Waals surface area contributed by atoms with Crippen LogP contribution in [0.25, 0.3) is 0 Å². The Morgan fingerprint density at radius 3 is 2.56 bits per heavy atom. The maximum absolute atomic E-state index is 11.7. The van der Waals surface area contributed by atoms with Crippen LogP contribution in [0.4, 0.5) is 0 Å². The highest BCUT2D eigenvalue weighted by atomic mass is 16.5. The Morgan fingerprint density at radius 2 is 2.00 bits per heavy atom. The summed E-state index contributed by atoms with van der Waals surface area (Å²) < 4.78 is 10.5. The van der Waals surface area contributed by atoms with Crippen LogP contribution in [0.15, 0.2) is 0 Å². The fourth-order valence-corrected chi connectivity index (χ4v) is 1.43. The fraction of sp³-hybridized carbons (Fsp3) is 0.917. The predicted molar refractivity (Wildman–Crippen MR) is 62.3 cm³/mol. The van der Waals surface area contributed by atoms with Gasteiger partial charge in [0, 0.05) is 19.6 Å². The highest BCUT2D eigenvalue weighted by Gasteiger charge is 2.27. The van der Waals surface area contributed by atoms with Crippen molar-refractivity contribution in [2.24, 2.45) is 5.41 Å². The van der Waals surface area contributed by atoms with E-state index in [2.05, 4.69) is 4.90 Å². The quantitative estimate of drug-likeness (QED) is 0.666. The lowest BCUT2D eigenvalue weighted by molar-refractivity contribution is -0.154. The predicted octanol–water partition coefficient (Wildman–Crippen LogP) is 1.30. The van der Waals surface area contributed by atoms with Crippen LogP contribution in [0.1, 0.15) is 27.2 Å². The van der Waals surface area contributed by atoms with Gasteiger partial charge in [0.15, 0.2) is 0 Å². The minimum absolute atomic E-state index is 0.0942. The lowest BCUT2D eigenvalue weighted by atomic mass is 9.91. The van der Waals surface area contributed by atoms with Crippen LogP contribution in [-0.4, -0.2) is 50.3 Å². The van der Waals surface area contributed by atoms with Crippen LogP contribution in [0, 0.1) is 5.41 Å². The van der Waals surface area contributed by atoms with Crippen LogP contribution in [0.3, 0.4) is 0 Å². The van der Waals surface area contributed by atoms with Crippen LogP contribution >= 0.6 is 0 Å². The molecular weight excluding hydrogens is 206 g/mol. The number of ether oxygens (including phenoxy) is 2. The zero-order chi connectivity index (χ0) is 12.0. The summed E-state index contributed by atoms with van der Waals surface area (Å²) >= 11 is 0. The molecule has 4 heteroatoms. The third-order valence-corrected chi connectivity index (χ3v) is 3.18. The third kappa shape index (κ3) is 4.10. The number of hydrogen-bond donors (Lipinski definition) is 0. The third-order valence-electron chi connectivity index (χ3n) is 3.18. The van der Waals surface area contributed by atoms with E-state index >= 15 is 0 Å². The number of carbonyl (C=O) groups is 1. The van der Waals surface area contributed by atoms with Crippen LogP contribution < -0.4 is 0 Å². The first kappa shape index (κ1) is 13.5. The van der Waals surface area contributed by atoms with Crippen LogP contribution in [0.2, 0.25) is 0 Å². The van der Waals surface area contributed by atoms with Crippen molar-refractivity contribution >= 4 is 5.97 Å². The van der Waals surface area contributed by atoms with Gasteiger partial charge < -0.3 is 9.47 Å².